The molecule has 0 fully saturated rings. The van der Waals surface area contributed by atoms with Crippen LogP contribution in [0.4, 0.5) is 17.5 Å². The first-order chi connectivity index (χ1) is 16.5. The first-order valence-electron chi connectivity index (χ1n) is 10.8. The fourth-order valence-corrected chi connectivity index (χ4v) is 3.88. The number of aryl methyl sites for hydroxylation is 1. The molecule has 172 valence electrons. The second-order valence-electron chi connectivity index (χ2n) is 7.91. The summed E-state index contributed by atoms with van der Waals surface area (Å²) < 4.78 is 5.34. The molecule has 0 saturated carbocycles. The summed E-state index contributed by atoms with van der Waals surface area (Å²) in [6.07, 6.45) is 2.70. The molecule has 3 aromatic heterocycles. The van der Waals surface area contributed by atoms with Crippen molar-refractivity contribution in [3.8, 4) is 5.75 Å². The molecule has 0 aliphatic rings. The summed E-state index contributed by atoms with van der Waals surface area (Å²) in [6.45, 7) is 2.46. The van der Waals surface area contributed by atoms with Crippen molar-refractivity contribution in [2.75, 3.05) is 24.3 Å². The van der Waals surface area contributed by atoms with Gasteiger partial charge in [0.1, 0.15) is 23.1 Å². The summed E-state index contributed by atoms with van der Waals surface area (Å²) >= 11 is 0. The van der Waals surface area contributed by atoms with Crippen LogP contribution >= 0.6 is 0 Å². The zero-order valence-electron chi connectivity index (χ0n) is 18.8. The van der Waals surface area contributed by atoms with Crippen LogP contribution < -0.4 is 21.1 Å². The zero-order chi connectivity index (χ0) is 23.7. The first-order valence-corrected chi connectivity index (χ1v) is 10.8. The number of imidazole rings is 1. The van der Waals surface area contributed by atoms with Crippen LogP contribution in [0.1, 0.15) is 21.9 Å². The first kappa shape index (κ1) is 21.3. The number of primary amides is 1. The lowest BCUT2D eigenvalue weighted by Gasteiger charge is -2.10. The Morgan fingerprint density at radius 3 is 2.79 bits per heavy atom. The second-order valence-corrected chi connectivity index (χ2v) is 7.91. The standard InChI is InChI=1S/C24H24N8O2/c1-13-28-19-5-3-15(9-20(19)29-13)30-22-11-21(23(25)33)31-24(32-22)26-8-7-14-12-27-18-6-4-16(34-2)10-17(14)18/h3-6,9-12,27H,7-8H2,1-2H3,(H2,25,33)(H,28,29)(H2,26,30,31,32). The van der Waals surface area contributed by atoms with Gasteiger partial charge in [0, 0.05) is 35.4 Å². The lowest BCUT2D eigenvalue weighted by atomic mass is 10.1. The molecule has 0 radical (unpaired) electrons. The van der Waals surface area contributed by atoms with Crippen LogP contribution in [-0.4, -0.2) is 44.5 Å². The Kier molecular flexibility index (Phi) is 5.46. The van der Waals surface area contributed by atoms with Gasteiger partial charge in [0.05, 0.1) is 18.1 Å². The summed E-state index contributed by atoms with van der Waals surface area (Å²) in [5.74, 6) is 1.79. The van der Waals surface area contributed by atoms with Gasteiger partial charge in [-0.25, -0.2) is 9.97 Å². The van der Waals surface area contributed by atoms with Gasteiger partial charge in [0.15, 0.2) is 0 Å². The van der Waals surface area contributed by atoms with Crippen LogP contribution in [0, 0.1) is 6.92 Å². The number of aromatic amines is 2. The number of rotatable bonds is 8. The van der Waals surface area contributed by atoms with E-state index in [-0.39, 0.29) is 5.69 Å². The minimum atomic E-state index is -0.628. The van der Waals surface area contributed by atoms with Crippen molar-refractivity contribution in [1.82, 2.24) is 24.9 Å². The van der Waals surface area contributed by atoms with E-state index in [9.17, 15) is 4.79 Å². The van der Waals surface area contributed by atoms with Crippen molar-refractivity contribution in [2.24, 2.45) is 5.73 Å². The molecule has 5 aromatic rings. The fourth-order valence-electron chi connectivity index (χ4n) is 3.88. The predicted octanol–water partition coefficient (Wildman–Crippen LogP) is 3.65. The highest BCUT2D eigenvalue weighted by atomic mass is 16.5. The number of amides is 1. The molecule has 34 heavy (non-hydrogen) atoms. The summed E-state index contributed by atoms with van der Waals surface area (Å²) in [5.41, 5.74) is 10.4. The number of hydrogen-bond donors (Lipinski definition) is 5. The van der Waals surface area contributed by atoms with Gasteiger partial charge in [-0.1, -0.05) is 0 Å². The molecule has 10 heteroatoms. The minimum Gasteiger partial charge on any atom is -0.497 e. The van der Waals surface area contributed by atoms with Gasteiger partial charge in [0.2, 0.25) is 5.95 Å². The molecule has 2 aromatic carbocycles. The number of carbonyl (C=O) groups excluding carboxylic acids is 1. The highest BCUT2D eigenvalue weighted by Crippen LogP contribution is 2.24. The number of hydrogen-bond acceptors (Lipinski definition) is 7. The van der Waals surface area contributed by atoms with E-state index in [1.165, 1.54) is 6.07 Å². The van der Waals surface area contributed by atoms with E-state index in [0.717, 1.165) is 51.2 Å². The van der Waals surface area contributed by atoms with Gasteiger partial charge in [-0.3, -0.25) is 4.79 Å². The Hall–Kier alpha value is -4.60. The minimum absolute atomic E-state index is 0.121. The van der Waals surface area contributed by atoms with Crippen molar-refractivity contribution in [3.05, 3.63) is 65.7 Å². The molecular formula is C24H24N8O2. The average molecular weight is 457 g/mol. The molecule has 1 amide bonds. The van der Waals surface area contributed by atoms with Crippen molar-refractivity contribution >= 4 is 45.3 Å². The molecule has 0 unspecified atom stereocenters. The molecular weight excluding hydrogens is 432 g/mol. The summed E-state index contributed by atoms with van der Waals surface area (Å²) in [6, 6.07) is 13.2. The Balaban J connectivity index is 1.33. The number of carbonyl (C=O) groups is 1. The number of nitrogens with two attached hydrogens (primary N) is 1. The van der Waals surface area contributed by atoms with Gasteiger partial charge in [-0.15, -0.1) is 0 Å². The van der Waals surface area contributed by atoms with E-state index >= 15 is 0 Å². The zero-order valence-corrected chi connectivity index (χ0v) is 18.8. The number of H-pyrrole nitrogens is 2. The SMILES string of the molecule is COc1ccc2[nH]cc(CCNc3nc(Nc4ccc5nc(C)[nH]c5c4)cc(C(N)=O)n3)c2c1. The van der Waals surface area contributed by atoms with Crippen molar-refractivity contribution in [2.45, 2.75) is 13.3 Å². The molecule has 0 aliphatic heterocycles. The molecule has 0 saturated heterocycles. The van der Waals surface area contributed by atoms with Crippen molar-refractivity contribution in [3.63, 3.8) is 0 Å². The van der Waals surface area contributed by atoms with Crippen molar-refractivity contribution < 1.29 is 9.53 Å². The van der Waals surface area contributed by atoms with E-state index in [1.54, 1.807) is 7.11 Å². The second kappa shape index (κ2) is 8.74. The lowest BCUT2D eigenvalue weighted by molar-refractivity contribution is 0.0995. The number of nitrogens with one attached hydrogen (secondary N) is 4. The van der Waals surface area contributed by atoms with Crippen LogP contribution in [0.5, 0.6) is 5.75 Å². The monoisotopic (exact) mass is 456 g/mol. The maximum Gasteiger partial charge on any atom is 0.267 e. The number of nitrogens with zero attached hydrogens (tertiary/aromatic N) is 3. The predicted molar refractivity (Wildman–Crippen MR) is 132 cm³/mol. The number of anilines is 3. The highest BCUT2D eigenvalue weighted by Gasteiger charge is 2.11. The molecule has 0 aliphatic carbocycles. The summed E-state index contributed by atoms with van der Waals surface area (Å²) in [5, 5.41) is 7.51. The van der Waals surface area contributed by atoms with E-state index in [0.29, 0.717) is 18.3 Å². The Bertz CT molecular complexity index is 1500. The number of benzene rings is 2. The van der Waals surface area contributed by atoms with Crippen LogP contribution in [0.3, 0.4) is 0 Å². The lowest BCUT2D eigenvalue weighted by Crippen LogP contribution is -2.17. The molecule has 0 bridgehead atoms. The molecule has 6 N–H and O–H groups in total. The normalized spacial score (nSPS) is 11.1. The van der Waals surface area contributed by atoms with Crippen LogP contribution in [0.2, 0.25) is 0 Å². The molecule has 3 heterocycles. The molecule has 10 nitrogen and oxygen atoms in total. The summed E-state index contributed by atoms with van der Waals surface area (Å²) in [7, 11) is 1.65. The highest BCUT2D eigenvalue weighted by molar-refractivity contribution is 5.92. The van der Waals surface area contributed by atoms with Gasteiger partial charge >= 0.3 is 0 Å². The fraction of sp³-hybridized carbons (Fsp3) is 0.167. The third kappa shape index (κ3) is 4.33. The van der Waals surface area contributed by atoms with Gasteiger partial charge < -0.3 is 31.1 Å². The quantitative estimate of drug-likeness (QED) is 0.239. The maximum absolute atomic E-state index is 11.8. The smallest absolute Gasteiger partial charge is 0.267 e. The van der Waals surface area contributed by atoms with Crippen molar-refractivity contribution in [1.29, 1.82) is 0 Å². The Morgan fingerprint density at radius 2 is 1.97 bits per heavy atom. The molecule has 5 rings (SSSR count). The Morgan fingerprint density at radius 1 is 1.09 bits per heavy atom. The maximum atomic E-state index is 11.8. The molecule has 0 atom stereocenters. The number of aromatic nitrogens is 5. The van der Waals surface area contributed by atoms with Crippen LogP contribution in [0.25, 0.3) is 21.9 Å². The van der Waals surface area contributed by atoms with Gasteiger partial charge in [-0.2, -0.15) is 4.98 Å². The third-order valence-corrected chi connectivity index (χ3v) is 5.50. The van der Waals surface area contributed by atoms with Crippen LogP contribution in [0.15, 0.2) is 48.7 Å². The number of ether oxygens (including phenoxy) is 1. The Labute approximate surface area is 195 Å². The number of fused-ring (bicyclic) bond motifs is 2. The topological polar surface area (TPSA) is 147 Å². The number of methoxy groups -OCH3 is 1. The van der Waals surface area contributed by atoms with E-state index in [1.807, 2.05) is 49.5 Å². The largest absolute Gasteiger partial charge is 0.497 e. The van der Waals surface area contributed by atoms with E-state index in [4.69, 9.17) is 10.5 Å². The van der Waals surface area contributed by atoms with E-state index < -0.39 is 5.91 Å². The van der Waals surface area contributed by atoms with Gasteiger partial charge in [0.25, 0.3) is 5.91 Å². The van der Waals surface area contributed by atoms with Crippen LogP contribution in [-0.2, 0) is 6.42 Å². The van der Waals surface area contributed by atoms with E-state index in [2.05, 4.69) is 35.6 Å². The molecule has 0 spiro atoms. The summed E-state index contributed by atoms with van der Waals surface area (Å²) in [4.78, 5) is 31.5. The average Bonchev–Trinajstić information content (AvgIpc) is 3.40. The van der Waals surface area contributed by atoms with Gasteiger partial charge in [-0.05, 0) is 55.3 Å². The third-order valence-electron chi connectivity index (χ3n) is 5.50.